The SMILES string of the molecule is C[n+]1c(C2CCCC(NC(=O)c3ccc4c(c3)OCCO4)C2)[nH]c2cc(CO)ccc21. The first kappa shape index (κ1) is 19.9. The van der Waals surface area contributed by atoms with E-state index >= 15 is 0 Å². The lowest BCUT2D eigenvalue weighted by Gasteiger charge is -2.27. The second-order valence-corrected chi connectivity index (χ2v) is 8.47. The maximum Gasteiger partial charge on any atom is 0.258 e. The van der Waals surface area contributed by atoms with Crippen LogP contribution in [0, 0.1) is 0 Å². The van der Waals surface area contributed by atoms with Crippen molar-refractivity contribution in [3.8, 4) is 11.5 Å². The largest absolute Gasteiger partial charge is 0.486 e. The lowest BCUT2D eigenvalue weighted by Crippen LogP contribution is -2.41. The molecule has 1 saturated carbocycles. The van der Waals surface area contributed by atoms with Gasteiger partial charge in [-0.2, -0.15) is 0 Å². The molecule has 1 aromatic heterocycles. The molecule has 2 unspecified atom stereocenters. The Morgan fingerprint density at radius 3 is 2.84 bits per heavy atom. The maximum atomic E-state index is 12.9. The number of aromatic nitrogens is 2. The number of aliphatic hydroxyl groups excluding tert-OH is 1. The average molecular weight is 423 g/mol. The highest BCUT2D eigenvalue weighted by Crippen LogP contribution is 2.33. The fourth-order valence-electron chi connectivity index (χ4n) is 4.82. The molecule has 7 nitrogen and oxygen atoms in total. The number of aryl methyl sites for hydroxylation is 1. The van der Waals surface area contributed by atoms with Crippen LogP contribution in [0.15, 0.2) is 36.4 Å². The molecule has 3 aromatic rings. The lowest BCUT2D eigenvalue weighted by molar-refractivity contribution is -0.654. The zero-order chi connectivity index (χ0) is 21.4. The molecule has 7 heteroatoms. The number of amides is 1. The van der Waals surface area contributed by atoms with Crippen LogP contribution in [0.4, 0.5) is 0 Å². The number of nitrogens with one attached hydrogen (secondary N) is 2. The van der Waals surface area contributed by atoms with Gasteiger partial charge in [0.2, 0.25) is 0 Å². The van der Waals surface area contributed by atoms with Crippen molar-refractivity contribution >= 4 is 16.9 Å². The fourth-order valence-corrected chi connectivity index (χ4v) is 4.82. The number of rotatable bonds is 4. The Morgan fingerprint density at radius 1 is 1.16 bits per heavy atom. The van der Waals surface area contributed by atoms with Crippen LogP contribution >= 0.6 is 0 Å². The van der Waals surface area contributed by atoms with Crippen LogP contribution in [0.2, 0.25) is 0 Å². The molecule has 1 amide bonds. The minimum absolute atomic E-state index is 0.0331. The number of hydrogen-bond donors (Lipinski definition) is 3. The molecule has 2 atom stereocenters. The van der Waals surface area contributed by atoms with Crippen molar-refractivity contribution in [1.29, 1.82) is 0 Å². The number of imidazole rings is 1. The van der Waals surface area contributed by atoms with Gasteiger partial charge >= 0.3 is 0 Å². The van der Waals surface area contributed by atoms with E-state index in [0.717, 1.165) is 42.3 Å². The second-order valence-electron chi connectivity index (χ2n) is 8.47. The van der Waals surface area contributed by atoms with Crippen molar-refractivity contribution in [1.82, 2.24) is 10.3 Å². The number of nitrogens with zero attached hydrogens (tertiary/aromatic N) is 1. The van der Waals surface area contributed by atoms with Gasteiger partial charge in [-0.25, -0.2) is 9.55 Å². The van der Waals surface area contributed by atoms with Gasteiger partial charge in [-0.3, -0.25) is 4.79 Å². The summed E-state index contributed by atoms with van der Waals surface area (Å²) < 4.78 is 13.4. The zero-order valence-electron chi connectivity index (χ0n) is 17.7. The van der Waals surface area contributed by atoms with Gasteiger partial charge in [0.25, 0.3) is 11.7 Å². The van der Waals surface area contributed by atoms with Crippen LogP contribution in [0.3, 0.4) is 0 Å². The summed E-state index contributed by atoms with van der Waals surface area (Å²) in [6.45, 7) is 1.07. The highest BCUT2D eigenvalue weighted by atomic mass is 16.6. The van der Waals surface area contributed by atoms with Crippen LogP contribution in [-0.2, 0) is 13.7 Å². The number of benzene rings is 2. The van der Waals surface area contributed by atoms with Gasteiger partial charge in [-0.15, -0.1) is 0 Å². The Kier molecular flexibility index (Phi) is 5.28. The van der Waals surface area contributed by atoms with E-state index in [0.29, 0.717) is 36.2 Å². The van der Waals surface area contributed by atoms with Gasteiger partial charge in [0.15, 0.2) is 22.5 Å². The zero-order valence-corrected chi connectivity index (χ0v) is 17.7. The summed E-state index contributed by atoms with van der Waals surface area (Å²) >= 11 is 0. The van der Waals surface area contributed by atoms with Gasteiger partial charge in [0.05, 0.1) is 19.6 Å². The van der Waals surface area contributed by atoms with E-state index in [4.69, 9.17) is 9.47 Å². The Labute approximate surface area is 181 Å². The highest BCUT2D eigenvalue weighted by Gasteiger charge is 2.32. The monoisotopic (exact) mass is 422 g/mol. The number of aliphatic hydroxyl groups is 1. The Bertz CT molecular complexity index is 1120. The molecule has 1 aliphatic carbocycles. The summed E-state index contributed by atoms with van der Waals surface area (Å²) in [6, 6.07) is 11.5. The second kappa shape index (κ2) is 8.23. The molecule has 1 aliphatic heterocycles. The molecule has 2 aromatic carbocycles. The number of carbonyl (C=O) groups excluding carboxylic acids is 1. The lowest BCUT2D eigenvalue weighted by atomic mass is 9.85. The first-order valence-electron chi connectivity index (χ1n) is 10.9. The minimum atomic E-state index is -0.0729. The maximum absolute atomic E-state index is 12.9. The van der Waals surface area contributed by atoms with Crippen LogP contribution in [0.25, 0.3) is 11.0 Å². The van der Waals surface area contributed by atoms with Crippen LogP contribution in [0.1, 0.15) is 53.3 Å². The summed E-state index contributed by atoms with van der Waals surface area (Å²) in [4.78, 5) is 16.4. The third kappa shape index (κ3) is 3.85. The van der Waals surface area contributed by atoms with Crippen LogP contribution < -0.4 is 19.4 Å². The first-order valence-corrected chi connectivity index (χ1v) is 10.9. The van der Waals surface area contributed by atoms with Gasteiger partial charge in [0.1, 0.15) is 13.2 Å². The Balaban J connectivity index is 1.31. The molecule has 2 heterocycles. The molecule has 31 heavy (non-hydrogen) atoms. The van der Waals surface area contributed by atoms with Gasteiger partial charge < -0.3 is 19.9 Å². The van der Waals surface area contributed by atoms with E-state index in [2.05, 4.69) is 21.9 Å². The molecule has 0 saturated heterocycles. The highest BCUT2D eigenvalue weighted by molar-refractivity contribution is 5.95. The van der Waals surface area contributed by atoms with Crippen molar-refractivity contribution in [3.05, 3.63) is 53.3 Å². The van der Waals surface area contributed by atoms with Crippen molar-refractivity contribution in [2.24, 2.45) is 7.05 Å². The topological polar surface area (TPSA) is 87.5 Å². The van der Waals surface area contributed by atoms with Crippen molar-refractivity contribution in [2.45, 2.75) is 44.2 Å². The van der Waals surface area contributed by atoms with Gasteiger partial charge in [-0.05, 0) is 55.2 Å². The summed E-state index contributed by atoms with van der Waals surface area (Å²) in [5.74, 6) is 2.76. The summed E-state index contributed by atoms with van der Waals surface area (Å²) in [5.41, 5.74) is 3.65. The smallest absolute Gasteiger partial charge is 0.258 e. The standard InChI is InChI=1S/C24H27N3O4/c1-27-20-7-5-15(14-28)11-19(20)26-23(27)16-3-2-4-18(12-16)25-24(29)17-6-8-21-22(13-17)31-10-9-30-21/h5-8,11,13,16,18,28H,2-4,9-10,12,14H2,1H3,(H,25,29)/p+1. The van der Waals surface area contributed by atoms with E-state index in [1.165, 1.54) is 5.82 Å². The molecule has 1 fully saturated rings. The van der Waals surface area contributed by atoms with E-state index in [1.54, 1.807) is 18.2 Å². The molecule has 162 valence electrons. The molecule has 0 bridgehead atoms. The molecule has 0 spiro atoms. The Hall–Kier alpha value is -3.06. The molecular weight excluding hydrogens is 394 g/mol. The van der Waals surface area contributed by atoms with E-state index < -0.39 is 0 Å². The molecular formula is C24H28N3O4+. The molecule has 0 radical (unpaired) electrons. The number of fused-ring (bicyclic) bond motifs is 2. The molecule has 5 rings (SSSR count). The number of aromatic amines is 1. The number of carbonyl (C=O) groups is 1. The predicted molar refractivity (Wildman–Crippen MR) is 115 cm³/mol. The van der Waals surface area contributed by atoms with Crippen LogP contribution in [-0.4, -0.2) is 35.3 Å². The van der Waals surface area contributed by atoms with Gasteiger partial charge in [-0.1, -0.05) is 12.5 Å². The van der Waals surface area contributed by atoms with Crippen LogP contribution in [0.5, 0.6) is 11.5 Å². The number of hydrogen-bond acceptors (Lipinski definition) is 4. The van der Waals surface area contributed by atoms with E-state index in [-0.39, 0.29) is 18.6 Å². The first-order chi connectivity index (χ1) is 15.1. The van der Waals surface area contributed by atoms with Crippen molar-refractivity contribution in [3.63, 3.8) is 0 Å². The predicted octanol–water partition coefficient (Wildman–Crippen LogP) is 2.71. The fraction of sp³-hybridized carbons (Fsp3) is 0.417. The third-order valence-electron chi connectivity index (χ3n) is 6.43. The number of H-pyrrole nitrogens is 1. The van der Waals surface area contributed by atoms with Crippen molar-refractivity contribution < 1.29 is 23.9 Å². The average Bonchev–Trinajstić information content (AvgIpc) is 3.14. The van der Waals surface area contributed by atoms with E-state index in [9.17, 15) is 9.90 Å². The summed E-state index contributed by atoms with van der Waals surface area (Å²) in [5, 5.41) is 12.6. The van der Waals surface area contributed by atoms with Crippen molar-refractivity contribution in [2.75, 3.05) is 13.2 Å². The Morgan fingerprint density at radius 2 is 2.00 bits per heavy atom. The summed E-state index contributed by atoms with van der Waals surface area (Å²) in [6.07, 6.45) is 4.02. The van der Waals surface area contributed by atoms with E-state index in [1.807, 2.05) is 18.2 Å². The number of ether oxygens (including phenoxy) is 2. The normalized spacial score (nSPS) is 20.6. The summed E-state index contributed by atoms with van der Waals surface area (Å²) in [7, 11) is 2.07. The quantitative estimate of drug-likeness (QED) is 0.564. The van der Waals surface area contributed by atoms with Gasteiger partial charge in [0, 0.05) is 11.6 Å². The molecule has 2 aliphatic rings. The molecule has 3 N–H and O–H groups in total. The minimum Gasteiger partial charge on any atom is -0.486 e. The third-order valence-corrected chi connectivity index (χ3v) is 6.43.